The van der Waals surface area contributed by atoms with E-state index in [0.717, 1.165) is 24.3 Å². The van der Waals surface area contributed by atoms with Crippen LogP contribution in [-0.2, 0) is 0 Å². The molecule has 0 bridgehead atoms. The summed E-state index contributed by atoms with van der Waals surface area (Å²) in [4.78, 5) is 11.0. The van der Waals surface area contributed by atoms with Crippen molar-refractivity contribution in [3.8, 4) is 0 Å². The fourth-order valence-corrected chi connectivity index (χ4v) is 2.48. The molecule has 0 fully saturated rings. The lowest BCUT2D eigenvalue weighted by Gasteiger charge is -2.31. The molecule has 0 unspecified atom stereocenters. The Kier molecular flexibility index (Phi) is 4.75. The molecular weight excluding hydrogens is 256 g/mol. The largest absolute Gasteiger partial charge is 0.395 e. The molecule has 2 aromatic rings. The normalized spacial score (nSPS) is 11.2. The molecule has 0 amide bonds. The number of fused-ring (bicyclic) bond motifs is 1. The topological polar surface area (TPSA) is 91.7 Å². The molecule has 0 saturated heterocycles. The SMILES string of the molecule is CCC(CC)N(CCO)c1nc(NN)cn2ccnc12. The van der Waals surface area contributed by atoms with E-state index in [1.165, 1.54) is 0 Å². The summed E-state index contributed by atoms with van der Waals surface area (Å²) in [7, 11) is 0. The van der Waals surface area contributed by atoms with Crippen LogP contribution in [0.25, 0.3) is 5.65 Å². The van der Waals surface area contributed by atoms with Crippen LogP contribution in [0.2, 0.25) is 0 Å². The van der Waals surface area contributed by atoms with Gasteiger partial charge in [0.05, 0.1) is 12.8 Å². The molecule has 0 spiro atoms. The van der Waals surface area contributed by atoms with Gasteiger partial charge in [0, 0.05) is 25.0 Å². The smallest absolute Gasteiger partial charge is 0.180 e. The van der Waals surface area contributed by atoms with Gasteiger partial charge in [0.15, 0.2) is 17.3 Å². The lowest BCUT2D eigenvalue weighted by atomic mass is 10.1. The third-order valence-corrected chi connectivity index (χ3v) is 3.50. The molecule has 0 atom stereocenters. The standard InChI is InChI=1S/C13H22N6O/c1-3-10(4-2)19(7-8-20)13-12-15-5-6-18(12)9-11(16-13)17-14/h5-6,9-10,17,20H,3-4,7-8,14H2,1-2H3. The molecular formula is C13H22N6O. The fraction of sp³-hybridized carbons (Fsp3) is 0.538. The summed E-state index contributed by atoms with van der Waals surface area (Å²) in [6, 6.07) is 0.308. The Morgan fingerprint density at radius 3 is 2.80 bits per heavy atom. The molecule has 4 N–H and O–H groups in total. The van der Waals surface area contributed by atoms with Crippen molar-refractivity contribution in [2.45, 2.75) is 32.7 Å². The average molecular weight is 278 g/mol. The third kappa shape index (κ3) is 2.68. The van der Waals surface area contributed by atoms with Crippen molar-refractivity contribution in [3.63, 3.8) is 0 Å². The van der Waals surface area contributed by atoms with E-state index in [0.29, 0.717) is 18.4 Å². The number of rotatable bonds is 7. The molecule has 0 saturated carbocycles. The predicted molar refractivity (Wildman–Crippen MR) is 79.6 cm³/mol. The summed E-state index contributed by atoms with van der Waals surface area (Å²) in [5.74, 6) is 6.79. The summed E-state index contributed by atoms with van der Waals surface area (Å²) < 4.78 is 1.88. The number of aromatic nitrogens is 3. The first kappa shape index (κ1) is 14.5. The third-order valence-electron chi connectivity index (χ3n) is 3.50. The van der Waals surface area contributed by atoms with Crippen LogP contribution in [0.4, 0.5) is 11.6 Å². The Labute approximate surface area is 118 Å². The molecule has 2 rings (SSSR count). The zero-order valence-electron chi connectivity index (χ0n) is 12.0. The van der Waals surface area contributed by atoms with Crippen molar-refractivity contribution in [3.05, 3.63) is 18.6 Å². The summed E-state index contributed by atoms with van der Waals surface area (Å²) in [5, 5.41) is 9.35. The minimum absolute atomic E-state index is 0.0747. The zero-order valence-corrected chi connectivity index (χ0v) is 12.0. The maximum absolute atomic E-state index is 9.35. The van der Waals surface area contributed by atoms with E-state index in [-0.39, 0.29) is 6.61 Å². The Bertz CT molecular complexity index is 551. The number of imidazole rings is 1. The second-order valence-corrected chi connectivity index (χ2v) is 4.64. The molecule has 2 aromatic heterocycles. The van der Waals surface area contributed by atoms with E-state index in [4.69, 9.17) is 5.84 Å². The van der Waals surface area contributed by atoms with E-state index in [1.54, 1.807) is 12.4 Å². The minimum atomic E-state index is 0.0747. The number of aliphatic hydroxyl groups is 1. The van der Waals surface area contributed by atoms with Gasteiger partial charge in [-0.2, -0.15) is 0 Å². The molecule has 0 aliphatic rings. The number of hydrazine groups is 1. The predicted octanol–water partition coefficient (Wildman–Crippen LogP) is 1.00. The van der Waals surface area contributed by atoms with Gasteiger partial charge in [-0.1, -0.05) is 13.8 Å². The van der Waals surface area contributed by atoms with Crippen LogP contribution in [0.3, 0.4) is 0 Å². The minimum Gasteiger partial charge on any atom is -0.395 e. The highest BCUT2D eigenvalue weighted by Gasteiger charge is 2.20. The molecule has 0 aromatic carbocycles. The van der Waals surface area contributed by atoms with Gasteiger partial charge in [-0.3, -0.25) is 0 Å². The highest BCUT2D eigenvalue weighted by atomic mass is 16.3. The molecule has 0 aliphatic carbocycles. The first-order valence-electron chi connectivity index (χ1n) is 6.92. The van der Waals surface area contributed by atoms with Gasteiger partial charge in [0.25, 0.3) is 0 Å². The number of anilines is 2. The molecule has 0 radical (unpaired) electrons. The van der Waals surface area contributed by atoms with Crippen LogP contribution in [0, 0.1) is 0 Å². The highest BCUT2D eigenvalue weighted by Crippen LogP contribution is 2.24. The van der Waals surface area contributed by atoms with Crippen molar-refractivity contribution in [1.82, 2.24) is 14.4 Å². The number of hydrogen-bond donors (Lipinski definition) is 3. The van der Waals surface area contributed by atoms with Crippen LogP contribution in [-0.4, -0.2) is 38.7 Å². The summed E-state index contributed by atoms with van der Waals surface area (Å²) >= 11 is 0. The number of nitrogens with one attached hydrogen (secondary N) is 1. The van der Waals surface area contributed by atoms with E-state index < -0.39 is 0 Å². The lowest BCUT2D eigenvalue weighted by molar-refractivity contribution is 0.295. The summed E-state index contributed by atoms with van der Waals surface area (Å²) in [6.07, 6.45) is 7.32. The molecule has 110 valence electrons. The van der Waals surface area contributed by atoms with Gasteiger partial charge in [-0.05, 0) is 12.8 Å². The fourth-order valence-electron chi connectivity index (χ4n) is 2.48. The summed E-state index contributed by atoms with van der Waals surface area (Å²) in [6.45, 7) is 4.86. The molecule has 7 nitrogen and oxygen atoms in total. The van der Waals surface area contributed by atoms with Crippen LogP contribution in [0.1, 0.15) is 26.7 Å². The zero-order chi connectivity index (χ0) is 14.5. The van der Waals surface area contributed by atoms with Crippen LogP contribution < -0.4 is 16.2 Å². The first-order valence-corrected chi connectivity index (χ1v) is 6.92. The Hall–Kier alpha value is -1.86. The lowest BCUT2D eigenvalue weighted by Crippen LogP contribution is -2.38. The van der Waals surface area contributed by atoms with E-state index >= 15 is 0 Å². The van der Waals surface area contributed by atoms with E-state index in [9.17, 15) is 5.11 Å². The van der Waals surface area contributed by atoms with Crippen LogP contribution in [0.5, 0.6) is 0 Å². The second kappa shape index (κ2) is 6.53. The van der Waals surface area contributed by atoms with Gasteiger partial charge < -0.3 is 19.8 Å². The second-order valence-electron chi connectivity index (χ2n) is 4.64. The Balaban J connectivity index is 2.53. The first-order chi connectivity index (χ1) is 9.74. The van der Waals surface area contributed by atoms with Gasteiger partial charge in [0.1, 0.15) is 0 Å². The molecule has 0 aliphatic heterocycles. The van der Waals surface area contributed by atoms with E-state index in [2.05, 4.69) is 34.1 Å². The van der Waals surface area contributed by atoms with Crippen LogP contribution in [0.15, 0.2) is 18.6 Å². The number of nitrogens with zero attached hydrogens (tertiary/aromatic N) is 4. The van der Waals surface area contributed by atoms with Gasteiger partial charge in [-0.15, -0.1) is 0 Å². The monoisotopic (exact) mass is 278 g/mol. The number of nitrogen functional groups attached to an aromatic ring is 1. The molecule has 7 heteroatoms. The van der Waals surface area contributed by atoms with Gasteiger partial charge in [0.2, 0.25) is 0 Å². The summed E-state index contributed by atoms with van der Waals surface area (Å²) in [5.41, 5.74) is 3.34. The van der Waals surface area contributed by atoms with Crippen molar-refractivity contribution in [1.29, 1.82) is 0 Å². The van der Waals surface area contributed by atoms with Crippen molar-refractivity contribution in [2.24, 2.45) is 5.84 Å². The highest BCUT2D eigenvalue weighted by molar-refractivity contribution is 5.67. The average Bonchev–Trinajstić information content (AvgIpc) is 2.94. The number of hydrogen-bond acceptors (Lipinski definition) is 6. The van der Waals surface area contributed by atoms with Crippen molar-refractivity contribution < 1.29 is 5.11 Å². The van der Waals surface area contributed by atoms with Gasteiger partial charge in [-0.25, -0.2) is 15.8 Å². The quantitative estimate of drug-likeness (QED) is 0.517. The maximum Gasteiger partial charge on any atom is 0.180 e. The van der Waals surface area contributed by atoms with E-state index in [1.807, 2.05) is 10.6 Å². The van der Waals surface area contributed by atoms with Crippen molar-refractivity contribution >= 4 is 17.3 Å². The number of nitrogens with two attached hydrogens (primary N) is 1. The van der Waals surface area contributed by atoms with Crippen molar-refractivity contribution in [2.75, 3.05) is 23.5 Å². The van der Waals surface area contributed by atoms with Crippen LogP contribution >= 0.6 is 0 Å². The number of aliphatic hydroxyl groups excluding tert-OH is 1. The Morgan fingerprint density at radius 1 is 1.45 bits per heavy atom. The van der Waals surface area contributed by atoms with Gasteiger partial charge >= 0.3 is 0 Å². The molecule has 20 heavy (non-hydrogen) atoms. The Morgan fingerprint density at radius 2 is 2.20 bits per heavy atom. The molecule has 2 heterocycles. The maximum atomic E-state index is 9.35.